The number of amides is 2. The maximum absolute atomic E-state index is 13.1. The monoisotopic (exact) mass is 387 g/mol. The van der Waals surface area contributed by atoms with E-state index in [0.29, 0.717) is 17.3 Å². The lowest BCUT2D eigenvalue weighted by molar-refractivity contribution is -0.127. The average molecular weight is 388 g/mol. The van der Waals surface area contributed by atoms with Crippen molar-refractivity contribution in [3.8, 4) is 0 Å². The van der Waals surface area contributed by atoms with E-state index >= 15 is 0 Å². The standard InChI is InChI=1S/C19H18ClN3O2S/c1-3-21-11-5-6-15(21)12-16-17(24)22(4-2)19(26)23(18(16)25)14-9-7-13(20)8-10-14/h5-12H,3-4H2,1-2H3/b16-12+. The zero-order valence-corrected chi connectivity index (χ0v) is 16.0. The third-order valence-electron chi connectivity index (χ3n) is 4.23. The molecule has 0 radical (unpaired) electrons. The number of rotatable bonds is 4. The van der Waals surface area contributed by atoms with Gasteiger partial charge in [-0.05, 0) is 68.5 Å². The molecule has 0 N–H and O–H groups in total. The molecule has 5 nitrogen and oxygen atoms in total. The van der Waals surface area contributed by atoms with Gasteiger partial charge in [0.1, 0.15) is 5.57 Å². The number of hydrogen-bond donors (Lipinski definition) is 0. The summed E-state index contributed by atoms with van der Waals surface area (Å²) in [5.74, 6) is -0.813. The zero-order valence-electron chi connectivity index (χ0n) is 14.5. The van der Waals surface area contributed by atoms with E-state index in [1.807, 2.05) is 36.7 Å². The first-order valence-corrected chi connectivity index (χ1v) is 9.09. The number of aryl methyl sites for hydroxylation is 1. The lowest BCUT2D eigenvalue weighted by Gasteiger charge is -2.36. The van der Waals surface area contributed by atoms with Crippen LogP contribution in [0.3, 0.4) is 0 Å². The number of nitrogens with zero attached hydrogens (tertiary/aromatic N) is 3. The van der Waals surface area contributed by atoms with Gasteiger partial charge in [-0.15, -0.1) is 0 Å². The normalized spacial score (nSPS) is 16.7. The molecule has 0 spiro atoms. The number of anilines is 1. The van der Waals surface area contributed by atoms with Crippen molar-refractivity contribution in [2.75, 3.05) is 11.4 Å². The second-order valence-electron chi connectivity index (χ2n) is 5.73. The summed E-state index contributed by atoms with van der Waals surface area (Å²) >= 11 is 11.4. The molecule has 0 saturated carbocycles. The number of carbonyl (C=O) groups excluding carboxylic acids is 2. The van der Waals surface area contributed by atoms with Gasteiger partial charge in [-0.25, -0.2) is 0 Å². The van der Waals surface area contributed by atoms with Gasteiger partial charge in [-0.2, -0.15) is 0 Å². The van der Waals surface area contributed by atoms with E-state index in [4.69, 9.17) is 23.8 Å². The quantitative estimate of drug-likeness (QED) is 0.456. The summed E-state index contributed by atoms with van der Waals surface area (Å²) in [4.78, 5) is 28.7. The molecule has 2 amide bonds. The highest BCUT2D eigenvalue weighted by Gasteiger charge is 2.39. The van der Waals surface area contributed by atoms with Crippen molar-refractivity contribution >= 4 is 52.5 Å². The summed E-state index contributed by atoms with van der Waals surface area (Å²) in [6.07, 6.45) is 3.53. The van der Waals surface area contributed by atoms with Crippen LogP contribution in [0.1, 0.15) is 19.5 Å². The summed E-state index contributed by atoms with van der Waals surface area (Å²) in [5, 5.41) is 0.733. The Kier molecular flexibility index (Phi) is 5.25. The fourth-order valence-corrected chi connectivity index (χ4v) is 3.39. The summed E-state index contributed by atoms with van der Waals surface area (Å²) in [6, 6.07) is 10.5. The molecule has 2 heterocycles. The molecule has 0 bridgehead atoms. The molecule has 1 aliphatic rings. The summed E-state index contributed by atoms with van der Waals surface area (Å²) in [6.45, 7) is 4.94. The molecule has 0 atom stereocenters. The molecular weight excluding hydrogens is 370 g/mol. The molecule has 7 heteroatoms. The molecule has 1 fully saturated rings. The van der Waals surface area contributed by atoms with Crippen LogP contribution in [0.5, 0.6) is 0 Å². The maximum Gasteiger partial charge on any atom is 0.270 e. The van der Waals surface area contributed by atoms with E-state index in [9.17, 15) is 9.59 Å². The van der Waals surface area contributed by atoms with Gasteiger partial charge >= 0.3 is 0 Å². The van der Waals surface area contributed by atoms with Crippen molar-refractivity contribution in [2.24, 2.45) is 0 Å². The third-order valence-corrected chi connectivity index (χ3v) is 4.88. The summed E-state index contributed by atoms with van der Waals surface area (Å²) in [7, 11) is 0. The number of thiocarbonyl (C=S) groups is 1. The third kappa shape index (κ3) is 3.18. The molecular formula is C19H18ClN3O2S. The zero-order chi connectivity index (χ0) is 18.8. The molecule has 1 saturated heterocycles. The van der Waals surface area contributed by atoms with Gasteiger partial charge in [0.25, 0.3) is 11.8 Å². The van der Waals surface area contributed by atoms with E-state index in [1.165, 1.54) is 9.80 Å². The van der Waals surface area contributed by atoms with Crippen LogP contribution in [0.15, 0.2) is 48.2 Å². The van der Waals surface area contributed by atoms with Gasteiger partial charge in [0.05, 0.1) is 5.69 Å². The van der Waals surface area contributed by atoms with Crippen molar-refractivity contribution in [2.45, 2.75) is 20.4 Å². The average Bonchev–Trinajstić information content (AvgIpc) is 3.08. The lowest BCUT2D eigenvalue weighted by Crippen LogP contribution is -2.56. The van der Waals surface area contributed by atoms with Crippen LogP contribution in [0, 0.1) is 0 Å². The number of carbonyl (C=O) groups is 2. The van der Waals surface area contributed by atoms with Gasteiger partial charge in [-0.1, -0.05) is 11.6 Å². The van der Waals surface area contributed by atoms with E-state index < -0.39 is 5.91 Å². The number of aromatic nitrogens is 1. The predicted octanol–water partition coefficient (Wildman–Crippen LogP) is 3.73. The Morgan fingerprint density at radius 1 is 1.04 bits per heavy atom. The summed E-state index contributed by atoms with van der Waals surface area (Å²) in [5.41, 5.74) is 1.46. The highest BCUT2D eigenvalue weighted by molar-refractivity contribution is 7.80. The van der Waals surface area contributed by atoms with E-state index in [-0.39, 0.29) is 16.6 Å². The second kappa shape index (κ2) is 7.43. The fraction of sp³-hybridized carbons (Fsp3) is 0.211. The first-order chi connectivity index (χ1) is 12.5. The first-order valence-electron chi connectivity index (χ1n) is 8.30. The Hall–Kier alpha value is -2.44. The summed E-state index contributed by atoms with van der Waals surface area (Å²) < 4.78 is 1.96. The van der Waals surface area contributed by atoms with Crippen LogP contribution in [-0.4, -0.2) is 32.9 Å². The van der Waals surface area contributed by atoms with Crippen molar-refractivity contribution in [3.05, 3.63) is 58.9 Å². The smallest absolute Gasteiger partial charge is 0.270 e. The largest absolute Gasteiger partial charge is 0.348 e. The van der Waals surface area contributed by atoms with Crippen LogP contribution in [0.4, 0.5) is 5.69 Å². The van der Waals surface area contributed by atoms with E-state index in [0.717, 1.165) is 12.2 Å². The molecule has 1 aliphatic heterocycles. The second-order valence-corrected chi connectivity index (χ2v) is 6.53. The Morgan fingerprint density at radius 2 is 1.73 bits per heavy atom. The number of benzene rings is 1. The van der Waals surface area contributed by atoms with Crippen LogP contribution in [0.2, 0.25) is 5.02 Å². The van der Waals surface area contributed by atoms with Crippen molar-refractivity contribution < 1.29 is 9.59 Å². The molecule has 0 aliphatic carbocycles. The first kappa shape index (κ1) is 18.4. The Balaban J connectivity index is 2.09. The number of likely N-dealkylation sites (N-methyl/N-ethyl adjacent to an activating group) is 1. The van der Waals surface area contributed by atoms with Gasteiger partial charge in [-0.3, -0.25) is 19.4 Å². The number of hydrogen-bond acceptors (Lipinski definition) is 3. The maximum atomic E-state index is 13.1. The van der Waals surface area contributed by atoms with Crippen LogP contribution in [-0.2, 0) is 16.1 Å². The van der Waals surface area contributed by atoms with Crippen molar-refractivity contribution in [3.63, 3.8) is 0 Å². The van der Waals surface area contributed by atoms with Gasteiger partial charge < -0.3 is 4.57 Å². The van der Waals surface area contributed by atoms with Gasteiger partial charge in [0.15, 0.2) is 5.11 Å². The van der Waals surface area contributed by atoms with Crippen LogP contribution in [0.25, 0.3) is 6.08 Å². The van der Waals surface area contributed by atoms with E-state index in [2.05, 4.69) is 0 Å². The van der Waals surface area contributed by atoms with Crippen molar-refractivity contribution in [1.82, 2.24) is 9.47 Å². The minimum Gasteiger partial charge on any atom is -0.348 e. The SMILES string of the molecule is CCN1C(=O)/C(=C\c2cccn2CC)C(=O)N(c2ccc(Cl)cc2)C1=S. The van der Waals surface area contributed by atoms with Crippen molar-refractivity contribution in [1.29, 1.82) is 0 Å². The molecule has 134 valence electrons. The van der Waals surface area contributed by atoms with Crippen LogP contribution < -0.4 is 4.90 Å². The minimum absolute atomic E-state index is 0.0869. The highest BCUT2D eigenvalue weighted by Crippen LogP contribution is 2.27. The molecule has 2 aromatic rings. The Labute approximate surface area is 162 Å². The minimum atomic E-state index is -0.434. The molecule has 26 heavy (non-hydrogen) atoms. The van der Waals surface area contributed by atoms with E-state index in [1.54, 1.807) is 30.3 Å². The number of halogens is 1. The molecule has 1 aromatic heterocycles. The van der Waals surface area contributed by atoms with Gasteiger partial charge in [0.2, 0.25) is 0 Å². The topological polar surface area (TPSA) is 45.6 Å². The van der Waals surface area contributed by atoms with Gasteiger partial charge in [0, 0.05) is 30.0 Å². The van der Waals surface area contributed by atoms with Crippen LogP contribution >= 0.6 is 23.8 Å². The molecule has 0 unspecified atom stereocenters. The Bertz CT molecular complexity index is 902. The lowest BCUT2D eigenvalue weighted by atomic mass is 10.1. The highest BCUT2D eigenvalue weighted by atomic mass is 35.5. The predicted molar refractivity (Wildman–Crippen MR) is 107 cm³/mol. The molecule has 3 rings (SSSR count). The molecule has 1 aromatic carbocycles. The Morgan fingerprint density at radius 3 is 2.35 bits per heavy atom. The fourth-order valence-electron chi connectivity index (χ4n) is 2.87.